The van der Waals surface area contributed by atoms with Gasteiger partial charge in [0.2, 0.25) is 0 Å². The first kappa shape index (κ1) is 17.2. The second-order valence-electron chi connectivity index (χ2n) is 5.82. The highest BCUT2D eigenvalue weighted by Gasteiger charge is 2.14. The standard InChI is InChI=1S/C18H16BrN3O3/c1-10-8-14-15(22(3)18(25)17(24)21(14)2)9-13(10)20-16(23)11-6-4-5-7-12(11)19/h4-9H,1-3H3,(H,20,23). The van der Waals surface area contributed by atoms with E-state index in [1.54, 1.807) is 44.4 Å². The summed E-state index contributed by atoms with van der Waals surface area (Å²) in [6.45, 7) is 1.84. The fourth-order valence-electron chi connectivity index (χ4n) is 2.69. The van der Waals surface area contributed by atoms with E-state index in [0.717, 1.165) is 5.56 Å². The lowest BCUT2D eigenvalue weighted by atomic mass is 10.1. The van der Waals surface area contributed by atoms with Crippen LogP contribution in [0, 0.1) is 6.92 Å². The maximum atomic E-state index is 12.5. The number of rotatable bonds is 2. The SMILES string of the molecule is Cc1cc2c(cc1NC(=O)c1ccccc1Br)n(C)c(=O)c(=O)n2C. The summed E-state index contributed by atoms with van der Waals surface area (Å²) in [5, 5.41) is 2.87. The Bertz CT molecular complexity index is 1130. The molecule has 0 aliphatic carbocycles. The van der Waals surface area contributed by atoms with E-state index in [9.17, 15) is 14.4 Å². The van der Waals surface area contributed by atoms with Gasteiger partial charge in [-0.25, -0.2) is 0 Å². The maximum Gasteiger partial charge on any atom is 0.316 e. The number of nitrogens with one attached hydrogen (secondary N) is 1. The van der Waals surface area contributed by atoms with E-state index in [4.69, 9.17) is 0 Å². The molecule has 1 N–H and O–H groups in total. The topological polar surface area (TPSA) is 73.1 Å². The average Bonchev–Trinajstić information content (AvgIpc) is 2.59. The average molecular weight is 402 g/mol. The Labute approximate surface area is 151 Å². The summed E-state index contributed by atoms with van der Waals surface area (Å²) in [6, 6.07) is 10.6. The van der Waals surface area contributed by atoms with Crippen LogP contribution in [0.5, 0.6) is 0 Å². The molecule has 25 heavy (non-hydrogen) atoms. The number of aromatic nitrogens is 2. The zero-order valence-corrected chi connectivity index (χ0v) is 15.5. The molecule has 128 valence electrons. The molecule has 0 fully saturated rings. The fraction of sp³-hybridized carbons (Fsp3) is 0.167. The van der Waals surface area contributed by atoms with Crippen molar-refractivity contribution in [1.82, 2.24) is 9.13 Å². The lowest BCUT2D eigenvalue weighted by Gasteiger charge is -2.14. The molecule has 0 saturated heterocycles. The van der Waals surface area contributed by atoms with Gasteiger partial charge in [-0.15, -0.1) is 0 Å². The molecule has 0 atom stereocenters. The molecule has 3 rings (SSSR count). The van der Waals surface area contributed by atoms with Crippen LogP contribution in [0.3, 0.4) is 0 Å². The zero-order chi connectivity index (χ0) is 18.3. The van der Waals surface area contributed by atoms with Crippen LogP contribution in [0.1, 0.15) is 15.9 Å². The molecule has 1 heterocycles. The van der Waals surface area contributed by atoms with Crippen molar-refractivity contribution in [3.05, 3.63) is 72.7 Å². The van der Waals surface area contributed by atoms with Crippen LogP contribution in [0.15, 0.2) is 50.5 Å². The molecule has 0 bridgehead atoms. The predicted molar refractivity (Wildman–Crippen MR) is 101 cm³/mol. The lowest BCUT2D eigenvalue weighted by Crippen LogP contribution is -2.39. The van der Waals surface area contributed by atoms with Gasteiger partial charge in [0.1, 0.15) is 0 Å². The first-order valence-electron chi connectivity index (χ1n) is 7.57. The van der Waals surface area contributed by atoms with E-state index in [1.165, 1.54) is 9.13 Å². The molecule has 1 aromatic heterocycles. The maximum absolute atomic E-state index is 12.5. The monoisotopic (exact) mass is 401 g/mol. The van der Waals surface area contributed by atoms with Crippen LogP contribution < -0.4 is 16.4 Å². The number of halogens is 1. The van der Waals surface area contributed by atoms with Crippen LogP contribution in [0.2, 0.25) is 0 Å². The summed E-state index contributed by atoms with van der Waals surface area (Å²) in [7, 11) is 3.10. The van der Waals surface area contributed by atoms with Crippen molar-refractivity contribution in [3.8, 4) is 0 Å². The van der Waals surface area contributed by atoms with Crippen molar-refractivity contribution in [2.24, 2.45) is 14.1 Å². The van der Waals surface area contributed by atoms with Gasteiger partial charge in [0.25, 0.3) is 5.91 Å². The number of anilines is 1. The van der Waals surface area contributed by atoms with Gasteiger partial charge in [-0.05, 0) is 52.7 Å². The second kappa shape index (κ2) is 6.33. The molecule has 7 heteroatoms. The number of fused-ring (bicyclic) bond motifs is 1. The third-order valence-corrected chi connectivity index (χ3v) is 4.89. The summed E-state index contributed by atoms with van der Waals surface area (Å²) in [5.41, 5.74) is 1.89. The van der Waals surface area contributed by atoms with Crippen molar-refractivity contribution in [2.75, 3.05) is 5.32 Å². The van der Waals surface area contributed by atoms with Gasteiger partial charge in [-0.3, -0.25) is 14.4 Å². The molecule has 0 spiro atoms. The smallest absolute Gasteiger partial charge is 0.316 e. The van der Waals surface area contributed by atoms with E-state index < -0.39 is 11.1 Å². The Morgan fingerprint density at radius 1 is 1.00 bits per heavy atom. The first-order chi connectivity index (χ1) is 11.8. The Hall–Kier alpha value is -2.67. The first-order valence-corrected chi connectivity index (χ1v) is 8.37. The van der Waals surface area contributed by atoms with Crippen molar-refractivity contribution in [1.29, 1.82) is 0 Å². The van der Waals surface area contributed by atoms with E-state index >= 15 is 0 Å². The summed E-state index contributed by atoms with van der Waals surface area (Å²) in [5.74, 6) is -0.259. The van der Waals surface area contributed by atoms with Gasteiger partial charge in [0.15, 0.2) is 0 Å². The van der Waals surface area contributed by atoms with E-state index in [1.807, 2.05) is 13.0 Å². The number of carbonyl (C=O) groups is 1. The largest absolute Gasteiger partial charge is 0.322 e. The molecule has 2 aromatic carbocycles. The van der Waals surface area contributed by atoms with Crippen LogP contribution >= 0.6 is 15.9 Å². The van der Waals surface area contributed by atoms with Crippen LogP contribution in [-0.4, -0.2) is 15.0 Å². The van der Waals surface area contributed by atoms with Crippen molar-refractivity contribution < 1.29 is 4.79 Å². The number of amides is 1. The molecular weight excluding hydrogens is 386 g/mol. The van der Waals surface area contributed by atoms with E-state index in [2.05, 4.69) is 21.2 Å². The van der Waals surface area contributed by atoms with Gasteiger partial charge in [-0.2, -0.15) is 0 Å². The van der Waals surface area contributed by atoms with Gasteiger partial charge >= 0.3 is 11.1 Å². The van der Waals surface area contributed by atoms with E-state index in [0.29, 0.717) is 26.8 Å². The minimum atomic E-state index is -0.609. The highest BCUT2D eigenvalue weighted by atomic mass is 79.9. The second-order valence-corrected chi connectivity index (χ2v) is 6.67. The molecule has 0 unspecified atom stereocenters. The van der Waals surface area contributed by atoms with Crippen molar-refractivity contribution in [2.45, 2.75) is 6.92 Å². The predicted octanol–water partition coefficient (Wildman–Crippen LogP) is 2.56. The van der Waals surface area contributed by atoms with Gasteiger partial charge < -0.3 is 14.5 Å². The summed E-state index contributed by atoms with van der Waals surface area (Å²) < 4.78 is 3.32. The molecule has 0 saturated carbocycles. The normalized spacial score (nSPS) is 10.9. The number of benzene rings is 2. The Morgan fingerprint density at radius 3 is 2.16 bits per heavy atom. The van der Waals surface area contributed by atoms with Gasteiger partial charge in [-0.1, -0.05) is 12.1 Å². The van der Waals surface area contributed by atoms with Crippen molar-refractivity contribution >= 4 is 38.6 Å². The number of hydrogen-bond donors (Lipinski definition) is 1. The Balaban J connectivity index is 2.14. The van der Waals surface area contributed by atoms with E-state index in [-0.39, 0.29) is 5.91 Å². The van der Waals surface area contributed by atoms with Crippen LogP contribution in [0.25, 0.3) is 11.0 Å². The van der Waals surface area contributed by atoms with Gasteiger partial charge in [0.05, 0.1) is 16.6 Å². The number of aryl methyl sites for hydroxylation is 3. The summed E-state index contributed by atoms with van der Waals surface area (Å²) in [6.07, 6.45) is 0. The highest BCUT2D eigenvalue weighted by Crippen LogP contribution is 2.23. The summed E-state index contributed by atoms with van der Waals surface area (Å²) in [4.78, 5) is 36.5. The molecule has 0 aliphatic heterocycles. The zero-order valence-electron chi connectivity index (χ0n) is 14.0. The van der Waals surface area contributed by atoms with Crippen LogP contribution in [-0.2, 0) is 14.1 Å². The third-order valence-electron chi connectivity index (χ3n) is 4.20. The fourth-order valence-corrected chi connectivity index (χ4v) is 3.16. The number of nitrogens with zero attached hydrogens (tertiary/aromatic N) is 2. The molecule has 0 radical (unpaired) electrons. The molecule has 1 amide bonds. The number of hydrogen-bond acceptors (Lipinski definition) is 3. The highest BCUT2D eigenvalue weighted by molar-refractivity contribution is 9.10. The summed E-state index contributed by atoms with van der Waals surface area (Å²) >= 11 is 3.36. The minimum absolute atomic E-state index is 0.259. The molecule has 0 aliphatic rings. The minimum Gasteiger partial charge on any atom is -0.322 e. The van der Waals surface area contributed by atoms with Crippen LogP contribution in [0.4, 0.5) is 5.69 Å². The Kier molecular flexibility index (Phi) is 4.34. The molecule has 6 nitrogen and oxygen atoms in total. The lowest BCUT2D eigenvalue weighted by molar-refractivity contribution is 0.102. The third kappa shape index (κ3) is 2.91. The van der Waals surface area contributed by atoms with Gasteiger partial charge in [0, 0.05) is 24.3 Å². The number of carbonyl (C=O) groups excluding carboxylic acids is 1. The quantitative estimate of drug-likeness (QED) is 0.670. The molecule has 3 aromatic rings. The van der Waals surface area contributed by atoms with Crippen molar-refractivity contribution in [3.63, 3.8) is 0 Å². The Morgan fingerprint density at radius 2 is 1.56 bits per heavy atom. The molecular formula is C18H16BrN3O3.